The molecule has 0 atom stereocenters. The van der Waals surface area contributed by atoms with E-state index in [1.807, 2.05) is 24.3 Å². The molecule has 3 aromatic rings. The van der Waals surface area contributed by atoms with Gasteiger partial charge in [0.15, 0.2) is 5.82 Å². The van der Waals surface area contributed by atoms with Crippen molar-refractivity contribution in [2.45, 2.75) is 6.92 Å². The van der Waals surface area contributed by atoms with Gasteiger partial charge >= 0.3 is 0 Å². The Morgan fingerprint density at radius 3 is 2.37 bits per heavy atom. The number of carbonyl (C=O) groups excluding carboxylic acids is 1. The van der Waals surface area contributed by atoms with Gasteiger partial charge in [-0.2, -0.15) is 0 Å². The Morgan fingerprint density at radius 1 is 1.00 bits per heavy atom. The van der Waals surface area contributed by atoms with Gasteiger partial charge < -0.3 is 9.80 Å². The van der Waals surface area contributed by atoms with Gasteiger partial charge in [-0.05, 0) is 37.3 Å². The van der Waals surface area contributed by atoms with Crippen molar-refractivity contribution in [2.75, 3.05) is 31.1 Å². The van der Waals surface area contributed by atoms with Gasteiger partial charge in [0.05, 0.1) is 10.6 Å². The molecular formula is C21H20N6O3. The molecule has 0 unspecified atom stereocenters. The minimum Gasteiger partial charge on any atom is -0.352 e. The van der Waals surface area contributed by atoms with Crippen LogP contribution in [-0.4, -0.2) is 57.1 Å². The summed E-state index contributed by atoms with van der Waals surface area (Å²) in [6.45, 7) is 3.90. The van der Waals surface area contributed by atoms with Crippen LogP contribution in [0.3, 0.4) is 0 Å². The number of nitrogens with zero attached hydrogens (tertiary/aromatic N) is 6. The van der Waals surface area contributed by atoms with Crippen LogP contribution in [-0.2, 0) is 0 Å². The highest BCUT2D eigenvalue weighted by Gasteiger charge is 2.24. The van der Waals surface area contributed by atoms with Crippen LogP contribution in [0.5, 0.6) is 0 Å². The number of amides is 1. The van der Waals surface area contributed by atoms with Crippen molar-refractivity contribution in [3.63, 3.8) is 0 Å². The molecular weight excluding hydrogens is 384 g/mol. The summed E-state index contributed by atoms with van der Waals surface area (Å²) in [5, 5.41) is 19.8. The molecule has 1 aliphatic rings. The zero-order valence-electron chi connectivity index (χ0n) is 16.4. The van der Waals surface area contributed by atoms with Gasteiger partial charge in [0, 0.05) is 61.3 Å². The third-order valence-corrected chi connectivity index (χ3v) is 5.17. The zero-order chi connectivity index (χ0) is 21.1. The van der Waals surface area contributed by atoms with Gasteiger partial charge in [-0.3, -0.25) is 19.9 Å². The second-order valence-electron chi connectivity index (χ2n) is 7.05. The fourth-order valence-corrected chi connectivity index (χ4v) is 3.43. The Morgan fingerprint density at radius 2 is 1.73 bits per heavy atom. The normalized spacial score (nSPS) is 13.9. The van der Waals surface area contributed by atoms with E-state index in [4.69, 9.17) is 0 Å². The number of nitro groups is 1. The predicted molar refractivity (Wildman–Crippen MR) is 111 cm³/mol. The summed E-state index contributed by atoms with van der Waals surface area (Å²) in [6.07, 6.45) is 3.42. The quantitative estimate of drug-likeness (QED) is 0.486. The number of pyridine rings is 1. The molecule has 9 heteroatoms. The van der Waals surface area contributed by atoms with Crippen LogP contribution >= 0.6 is 0 Å². The molecule has 0 radical (unpaired) electrons. The molecule has 9 nitrogen and oxygen atoms in total. The number of hydrogen-bond acceptors (Lipinski definition) is 7. The van der Waals surface area contributed by atoms with Gasteiger partial charge in [-0.1, -0.05) is 6.07 Å². The first-order valence-corrected chi connectivity index (χ1v) is 9.56. The fraction of sp³-hybridized carbons (Fsp3) is 0.238. The van der Waals surface area contributed by atoms with E-state index in [1.165, 1.54) is 6.07 Å². The average molecular weight is 404 g/mol. The van der Waals surface area contributed by atoms with Gasteiger partial charge in [0.25, 0.3) is 11.6 Å². The molecule has 0 N–H and O–H groups in total. The van der Waals surface area contributed by atoms with E-state index < -0.39 is 4.92 Å². The highest BCUT2D eigenvalue weighted by atomic mass is 16.6. The van der Waals surface area contributed by atoms with Crippen LogP contribution in [0.4, 0.5) is 11.5 Å². The lowest BCUT2D eigenvalue weighted by atomic mass is 10.1. The second kappa shape index (κ2) is 8.24. The average Bonchev–Trinajstić information content (AvgIpc) is 2.79. The molecule has 0 aliphatic carbocycles. The van der Waals surface area contributed by atoms with Crippen LogP contribution in [0, 0.1) is 17.0 Å². The van der Waals surface area contributed by atoms with Gasteiger partial charge in [-0.15, -0.1) is 10.2 Å². The van der Waals surface area contributed by atoms with Crippen LogP contribution in [0.15, 0.2) is 54.9 Å². The number of rotatable bonds is 4. The molecule has 1 saturated heterocycles. The maximum atomic E-state index is 12.8. The molecule has 30 heavy (non-hydrogen) atoms. The van der Waals surface area contributed by atoms with Crippen molar-refractivity contribution in [3.05, 3.63) is 76.1 Å². The molecule has 4 rings (SSSR count). The van der Waals surface area contributed by atoms with Crippen molar-refractivity contribution in [2.24, 2.45) is 0 Å². The molecule has 2 aromatic heterocycles. The maximum Gasteiger partial charge on any atom is 0.273 e. The maximum absolute atomic E-state index is 12.8. The molecule has 152 valence electrons. The summed E-state index contributed by atoms with van der Waals surface area (Å²) in [5.41, 5.74) is 2.56. The van der Waals surface area contributed by atoms with Crippen LogP contribution < -0.4 is 4.90 Å². The predicted octanol–water partition coefficient (Wildman–Crippen LogP) is 2.72. The Kier molecular flexibility index (Phi) is 5.34. The zero-order valence-corrected chi connectivity index (χ0v) is 16.4. The van der Waals surface area contributed by atoms with Crippen LogP contribution in [0.25, 0.3) is 11.3 Å². The minimum absolute atomic E-state index is 0.0379. The SMILES string of the molecule is Cc1ccc(C(=O)N2CCN(c3ccc(-c4ccncc4)nn3)CC2)cc1[N+](=O)[O-]. The van der Waals surface area contributed by atoms with E-state index in [0.717, 1.165) is 17.1 Å². The lowest BCUT2D eigenvalue weighted by molar-refractivity contribution is -0.385. The highest BCUT2D eigenvalue weighted by molar-refractivity contribution is 5.95. The smallest absolute Gasteiger partial charge is 0.273 e. The number of carbonyl (C=O) groups is 1. The molecule has 3 heterocycles. The van der Waals surface area contributed by atoms with Crippen molar-refractivity contribution in [3.8, 4) is 11.3 Å². The van der Waals surface area contributed by atoms with E-state index in [-0.39, 0.29) is 11.6 Å². The lowest BCUT2D eigenvalue weighted by Gasteiger charge is -2.35. The fourth-order valence-electron chi connectivity index (χ4n) is 3.43. The first kappa shape index (κ1) is 19.4. The first-order chi connectivity index (χ1) is 14.5. The third kappa shape index (κ3) is 3.95. The number of anilines is 1. The Hall–Kier alpha value is -3.88. The monoisotopic (exact) mass is 404 g/mol. The molecule has 1 amide bonds. The van der Waals surface area contributed by atoms with Gasteiger partial charge in [0.1, 0.15) is 0 Å². The van der Waals surface area contributed by atoms with E-state index in [2.05, 4.69) is 20.1 Å². The number of piperazine rings is 1. The van der Waals surface area contributed by atoms with Gasteiger partial charge in [0.2, 0.25) is 0 Å². The summed E-state index contributed by atoms with van der Waals surface area (Å²) < 4.78 is 0. The van der Waals surface area contributed by atoms with E-state index in [0.29, 0.717) is 37.3 Å². The number of nitro benzene ring substituents is 1. The van der Waals surface area contributed by atoms with Crippen LogP contribution in [0.2, 0.25) is 0 Å². The van der Waals surface area contributed by atoms with Crippen molar-refractivity contribution in [1.29, 1.82) is 0 Å². The Balaban J connectivity index is 1.41. The second-order valence-corrected chi connectivity index (χ2v) is 7.05. The van der Waals surface area contributed by atoms with Gasteiger partial charge in [-0.25, -0.2) is 0 Å². The third-order valence-electron chi connectivity index (χ3n) is 5.17. The molecule has 1 aromatic carbocycles. The van der Waals surface area contributed by atoms with E-state index in [9.17, 15) is 14.9 Å². The number of benzene rings is 1. The van der Waals surface area contributed by atoms with Crippen molar-refractivity contribution in [1.82, 2.24) is 20.1 Å². The number of aryl methyl sites for hydroxylation is 1. The molecule has 1 aliphatic heterocycles. The standard InChI is InChI=1S/C21H20N6O3/c1-15-2-3-17(14-19(15)27(29)30)21(28)26-12-10-25(11-13-26)20-5-4-18(23-24-20)16-6-8-22-9-7-16/h2-9,14H,10-13H2,1H3. The Labute approximate surface area is 173 Å². The highest BCUT2D eigenvalue weighted by Crippen LogP contribution is 2.22. The Bertz CT molecular complexity index is 1060. The number of aromatic nitrogens is 3. The summed E-state index contributed by atoms with van der Waals surface area (Å²) in [7, 11) is 0. The van der Waals surface area contributed by atoms with Crippen LogP contribution in [0.1, 0.15) is 15.9 Å². The summed E-state index contributed by atoms with van der Waals surface area (Å²) >= 11 is 0. The molecule has 0 bridgehead atoms. The van der Waals surface area contributed by atoms with E-state index in [1.54, 1.807) is 36.4 Å². The number of hydrogen-bond donors (Lipinski definition) is 0. The minimum atomic E-state index is -0.460. The van der Waals surface area contributed by atoms with Crippen molar-refractivity contribution < 1.29 is 9.72 Å². The van der Waals surface area contributed by atoms with Crippen molar-refractivity contribution >= 4 is 17.4 Å². The molecule has 0 spiro atoms. The molecule has 0 saturated carbocycles. The largest absolute Gasteiger partial charge is 0.352 e. The topological polar surface area (TPSA) is 105 Å². The van der Waals surface area contributed by atoms with E-state index >= 15 is 0 Å². The summed E-state index contributed by atoms with van der Waals surface area (Å²) in [4.78, 5) is 31.3. The first-order valence-electron chi connectivity index (χ1n) is 9.56. The molecule has 1 fully saturated rings. The lowest BCUT2D eigenvalue weighted by Crippen LogP contribution is -2.49. The summed E-state index contributed by atoms with van der Waals surface area (Å²) in [5.74, 6) is 0.558. The summed E-state index contributed by atoms with van der Waals surface area (Å²) in [6, 6.07) is 12.2.